The Kier molecular flexibility index (Phi) is 36.9. The van der Waals surface area contributed by atoms with Gasteiger partial charge in [-0.05, 0) is 96.3 Å². The molecule has 2 rings (SSSR count). The lowest BCUT2D eigenvalue weighted by Crippen LogP contribution is -2.61. The summed E-state index contributed by atoms with van der Waals surface area (Å²) in [6.07, 6.45) is 33.2. The Balaban J connectivity index is 1.84. The highest BCUT2D eigenvalue weighted by Crippen LogP contribution is 2.26. The van der Waals surface area contributed by atoms with Crippen LogP contribution >= 0.6 is 0 Å². The van der Waals surface area contributed by atoms with Gasteiger partial charge in [0.2, 0.25) is 0 Å². The molecule has 0 aliphatic carbocycles. The fourth-order valence-corrected chi connectivity index (χ4v) is 7.50. The van der Waals surface area contributed by atoms with Gasteiger partial charge in [0.25, 0.3) is 0 Å². The Morgan fingerprint density at radius 1 is 0.457 bits per heavy atom. The van der Waals surface area contributed by atoms with E-state index in [-0.39, 0.29) is 19.4 Å². The average Bonchev–Trinajstić information content (AvgIpc) is 3.35. The van der Waals surface area contributed by atoms with Gasteiger partial charge in [-0.2, -0.15) is 0 Å². The van der Waals surface area contributed by atoms with E-state index in [1.807, 2.05) is 0 Å². The third-order valence-electron chi connectivity index (χ3n) is 11.8. The van der Waals surface area contributed by atoms with E-state index in [4.69, 9.17) is 28.4 Å². The predicted molar refractivity (Wildman–Crippen MR) is 270 cm³/mol. The van der Waals surface area contributed by atoms with E-state index in [9.17, 15) is 45.3 Å². The number of hydrogen-bond acceptors (Lipinski definition) is 15. The number of ether oxygens (including phenoxy) is 6. The average molecular weight is 991 g/mol. The zero-order chi connectivity index (χ0) is 51.0. The predicted octanol–water partition coefficient (Wildman–Crippen LogP) is 7.60. The molecule has 0 saturated carbocycles. The molecule has 15 heteroatoms. The SMILES string of the molecule is CCCCC/C=C/C/C=C/C/C=C/C/C=C/CCCCCC(=O)OC[C@@H](CO[C@@H]1O[C@H](CO[C@@H]2O[C@H](CO)[C@H](O)C(O)C2O)[C@H](O)C(O)C1O)OC(=O)CCCC/C=C/C/C=C/C/C=C/CCCCC. The molecule has 2 saturated heterocycles. The molecule has 0 spiro atoms. The van der Waals surface area contributed by atoms with Crippen LogP contribution in [0.3, 0.4) is 0 Å². The minimum atomic E-state index is -1.78. The molecule has 0 aromatic heterocycles. The molecule has 2 fully saturated rings. The number of carbonyl (C=O) groups is 2. The van der Waals surface area contributed by atoms with Crippen LogP contribution in [0.5, 0.6) is 0 Å². The van der Waals surface area contributed by atoms with E-state index >= 15 is 0 Å². The molecule has 0 aromatic carbocycles. The number of hydrogen-bond donors (Lipinski definition) is 7. The number of allylic oxidation sites excluding steroid dienone is 14. The molecule has 4 unspecified atom stereocenters. The van der Waals surface area contributed by atoms with Crippen molar-refractivity contribution < 1.29 is 73.8 Å². The van der Waals surface area contributed by atoms with E-state index in [2.05, 4.69) is 98.9 Å². The normalized spacial score (nSPS) is 26.1. The first kappa shape index (κ1) is 62.8. The van der Waals surface area contributed by atoms with Crippen molar-refractivity contribution >= 4 is 11.9 Å². The van der Waals surface area contributed by atoms with Crippen molar-refractivity contribution in [3.63, 3.8) is 0 Å². The van der Waals surface area contributed by atoms with Gasteiger partial charge in [0, 0.05) is 12.8 Å². The van der Waals surface area contributed by atoms with Gasteiger partial charge in [0.05, 0.1) is 19.8 Å². The van der Waals surface area contributed by atoms with Crippen molar-refractivity contribution in [3.05, 3.63) is 85.1 Å². The first-order valence-corrected chi connectivity index (χ1v) is 26.2. The molecule has 0 aromatic rings. The molecular formula is C55H90O15. The zero-order valence-electron chi connectivity index (χ0n) is 42.2. The van der Waals surface area contributed by atoms with Gasteiger partial charge in [0.1, 0.15) is 55.4 Å². The maximum absolute atomic E-state index is 13.0. The minimum absolute atomic E-state index is 0.104. The third-order valence-corrected chi connectivity index (χ3v) is 11.8. The smallest absolute Gasteiger partial charge is 0.306 e. The Morgan fingerprint density at radius 2 is 0.857 bits per heavy atom. The van der Waals surface area contributed by atoms with Crippen molar-refractivity contribution in [1.82, 2.24) is 0 Å². The second-order valence-corrected chi connectivity index (χ2v) is 18.0. The summed E-state index contributed by atoms with van der Waals surface area (Å²) in [5.74, 6) is -1.01. The van der Waals surface area contributed by atoms with Crippen LogP contribution in [-0.4, -0.2) is 142 Å². The molecule has 7 N–H and O–H groups in total. The first-order valence-electron chi connectivity index (χ1n) is 26.2. The van der Waals surface area contributed by atoms with Crippen LogP contribution in [0.4, 0.5) is 0 Å². The highest BCUT2D eigenvalue weighted by Gasteiger charge is 2.47. The molecule has 2 aliphatic rings. The van der Waals surface area contributed by atoms with E-state index in [0.717, 1.165) is 77.0 Å². The minimum Gasteiger partial charge on any atom is -0.462 e. The lowest BCUT2D eigenvalue weighted by molar-refractivity contribution is -0.332. The van der Waals surface area contributed by atoms with E-state index in [0.29, 0.717) is 12.8 Å². The fourth-order valence-electron chi connectivity index (χ4n) is 7.50. The Labute approximate surface area is 418 Å². The van der Waals surface area contributed by atoms with Gasteiger partial charge in [0.15, 0.2) is 18.7 Å². The molecule has 2 aliphatic heterocycles. The van der Waals surface area contributed by atoms with Crippen molar-refractivity contribution in [2.45, 2.75) is 223 Å². The van der Waals surface area contributed by atoms with Crippen molar-refractivity contribution in [3.8, 4) is 0 Å². The van der Waals surface area contributed by atoms with Gasteiger partial charge in [-0.1, -0.05) is 131 Å². The van der Waals surface area contributed by atoms with E-state index in [1.165, 1.54) is 38.5 Å². The molecule has 70 heavy (non-hydrogen) atoms. The van der Waals surface area contributed by atoms with Crippen molar-refractivity contribution in [1.29, 1.82) is 0 Å². The van der Waals surface area contributed by atoms with Crippen LogP contribution in [0.15, 0.2) is 85.1 Å². The molecule has 400 valence electrons. The summed E-state index contributed by atoms with van der Waals surface area (Å²) < 4.78 is 33.5. The number of rotatable bonds is 39. The number of esters is 2. The summed E-state index contributed by atoms with van der Waals surface area (Å²) in [7, 11) is 0. The summed E-state index contributed by atoms with van der Waals surface area (Å²) >= 11 is 0. The lowest BCUT2D eigenvalue weighted by Gasteiger charge is -2.42. The van der Waals surface area contributed by atoms with Gasteiger partial charge in [-0.15, -0.1) is 0 Å². The summed E-state index contributed by atoms with van der Waals surface area (Å²) in [4.78, 5) is 25.8. The number of carbonyl (C=O) groups excluding carboxylic acids is 2. The van der Waals surface area contributed by atoms with Crippen LogP contribution in [0, 0.1) is 0 Å². The Morgan fingerprint density at radius 3 is 1.34 bits per heavy atom. The Hall–Kier alpha value is -3.32. The lowest BCUT2D eigenvalue weighted by atomic mass is 9.98. The van der Waals surface area contributed by atoms with Crippen LogP contribution < -0.4 is 0 Å². The first-order chi connectivity index (χ1) is 34.0. The van der Waals surface area contributed by atoms with Gasteiger partial charge in [-0.25, -0.2) is 0 Å². The second-order valence-electron chi connectivity index (χ2n) is 18.0. The maximum Gasteiger partial charge on any atom is 0.306 e. The van der Waals surface area contributed by atoms with Crippen molar-refractivity contribution in [2.24, 2.45) is 0 Å². The molecule has 0 bridgehead atoms. The van der Waals surface area contributed by atoms with Gasteiger partial charge < -0.3 is 64.2 Å². The molecular weight excluding hydrogens is 901 g/mol. The maximum atomic E-state index is 13.0. The fraction of sp³-hybridized carbons (Fsp3) is 0.709. The van der Waals surface area contributed by atoms with E-state index < -0.39 is 99.3 Å². The quantitative estimate of drug-likeness (QED) is 0.0179. The second kappa shape index (κ2) is 41.2. The highest BCUT2D eigenvalue weighted by molar-refractivity contribution is 5.70. The van der Waals surface area contributed by atoms with Gasteiger partial charge in [-0.3, -0.25) is 9.59 Å². The van der Waals surface area contributed by atoms with Gasteiger partial charge >= 0.3 is 11.9 Å². The van der Waals surface area contributed by atoms with Crippen molar-refractivity contribution in [2.75, 3.05) is 26.4 Å². The standard InChI is InChI=1S/C55H90O15/c1-3-5-7-9-11-13-15-17-19-20-21-22-24-25-27-29-31-33-35-37-46(57)65-40-43(68-47(58)38-36-34-32-30-28-26-23-18-16-14-12-10-8-6-4-2)41-66-54-53(64)51(62)49(60)45(70-54)42-67-55-52(63)50(61)48(59)44(39-56)69-55/h11-14,17-19,21-23,25,27-28,30,43-45,48-56,59-64H,3-10,15-16,20,24,26,29,31-42H2,1-2H3/b13-11+,14-12+,19-17+,22-21+,23-18+,27-25+,30-28+/t43-,44+,45+,48-,49-,50?,51?,52?,53?,54+,55+/m0/s1. The molecule has 0 radical (unpaired) electrons. The number of aliphatic hydroxyl groups excluding tert-OH is 7. The largest absolute Gasteiger partial charge is 0.462 e. The van der Waals surface area contributed by atoms with Crippen LogP contribution in [0.25, 0.3) is 0 Å². The van der Waals surface area contributed by atoms with Crippen LogP contribution in [-0.2, 0) is 38.0 Å². The molecule has 0 amide bonds. The molecule has 2 heterocycles. The summed E-state index contributed by atoms with van der Waals surface area (Å²) in [6, 6.07) is 0. The summed E-state index contributed by atoms with van der Waals surface area (Å²) in [5.41, 5.74) is 0. The summed E-state index contributed by atoms with van der Waals surface area (Å²) in [5, 5.41) is 72.1. The topological polar surface area (TPSA) is 231 Å². The highest BCUT2D eigenvalue weighted by atomic mass is 16.7. The van der Waals surface area contributed by atoms with E-state index in [1.54, 1.807) is 0 Å². The van der Waals surface area contributed by atoms with Crippen LogP contribution in [0.1, 0.15) is 155 Å². The summed E-state index contributed by atoms with van der Waals surface area (Å²) in [6.45, 7) is 2.44. The zero-order valence-corrected chi connectivity index (χ0v) is 42.2. The third kappa shape index (κ3) is 28.7. The molecule has 15 nitrogen and oxygen atoms in total. The Bertz CT molecular complexity index is 1540. The number of aliphatic hydroxyl groups is 7. The molecule has 11 atom stereocenters. The monoisotopic (exact) mass is 991 g/mol. The number of unbranched alkanes of at least 4 members (excludes halogenated alkanes) is 11. The van der Waals surface area contributed by atoms with Crippen LogP contribution in [0.2, 0.25) is 0 Å².